The number of anilines is 1. The van der Waals surface area contributed by atoms with Gasteiger partial charge in [0, 0.05) is 45.3 Å². The Morgan fingerprint density at radius 2 is 1.89 bits per heavy atom. The molecular weight excluding hydrogens is 475 g/mol. The number of thiophene rings is 1. The van der Waals surface area contributed by atoms with Gasteiger partial charge in [-0.3, -0.25) is 4.99 Å². The Kier molecular flexibility index (Phi) is 8.49. The number of benzene rings is 1. The van der Waals surface area contributed by atoms with Crippen LogP contribution in [0.15, 0.2) is 40.7 Å². The lowest BCUT2D eigenvalue weighted by Gasteiger charge is -2.37. The van der Waals surface area contributed by atoms with Crippen molar-refractivity contribution in [1.82, 2.24) is 10.2 Å². The van der Waals surface area contributed by atoms with Crippen molar-refractivity contribution in [3.8, 4) is 11.5 Å². The number of nitrogens with zero attached hydrogens (tertiary/aromatic N) is 3. The van der Waals surface area contributed by atoms with Crippen molar-refractivity contribution in [1.29, 1.82) is 0 Å². The normalized spacial score (nSPS) is 14.6. The molecule has 1 fully saturated rings. The van der Waals surface area contributed by atoms with E-state index in [1.807, 2.05) is 25.2 Å². The number of piperazine rings is 1. The topological polar surface area (TPSA) is 49.3 Å². The molecule has 0 bridgehead atoms. The summed E-state index contributed by atoms with van der Waals surface area (Å²) in [5.41, 5.74) is 1.05. The molecule has 1 aliphatic rings. The van der Waals surface area contributed by atoms with E-state index in [9.17, 15) is 0 Å². The van der Waals surface area contributed by atoms with Crippen LogP contribution < -0.4 is 19.7 Å². The van der Waals surface area contributed by atoms with Crippen molar-refractivity contribution in [2.45, 2.75) is 6.54 Å². The molecule has 0 atom stereocenters. The van der Waals surface area contributed by atoms with Crippen LogP contribution in [0.1, 0.15) is 5.56 Å². The van der Waals surface area contributed by atoms with Crippen LogP contribution >= 0.6 is 35.3 Å². The van der Waals surface area contributed by atoms with E-state index in [4.69, 9.17) is 9.47 Å². The van der Waals surface area contributed by atoms with E-state index in [0.29, 0.717) is 6.54 Å². The van der Waals surface area contributed by atoms with Crippen molar-refractivity contribution in [3.05, 3.63) is 41.3 Å². The molecule has 2 aromatic rings. The maximum absolute atomic E-state index is 5.51. The van der Waals surface area contributed by atoms with Gasteiger partial charge in [0.15, 0.2) is 17.5 Å². The molecule has 1 N–H and O–H groups in total. The number of guanidine groups is 1. The molecule has 3 rings (SSSR count). The third kappa shape index (κ3) is 5.19. The van der Waals surface area contributed by atoms with Crippen LogP contribution in [0.2, 0.25) is 0 Å². The van der Waals surface area contributed by atoms with E-state index < -0.39 is 0 Å². The molecule has 0 saturated carbocycles. The molecule has 6 nitrogen and oxygen atoms in total. The van der Waals surface area contributed by atoms with Gasteiger partial charge < -0.3 is 24.6 Å². The number of hydrogen-bond donors (Lipinski definition) is 1. The lowest BCUT2D eigenvalue weighted by Crippen LogP contribution is -2.52. The number of ether oxygens (including phenoxy) is 2. The van der Waals surface area contributed by atoms with Gasteiger partial charge in [0.1, 0.15) is 0 Å². The summed E-state index contributed by atoms with van der Waals surface area (Å²) < 4.78 is 10.9. The minimum atomic E-state index is 0. The van der Waals surface area contributed by atoms with Gasteiger partial charge in [-0.1, -0.05) is 12.1 Å². The highest BCUT2D eigenvalue weighted by atomic mass is 127. The first kappa shape index (κ1) is 21.6. The van der Waals surface area contributed by atoms with Gasteiger partial charge in [-0.2, -0.15) is 0 Å². The van der Waals surface area contributed by atoms with E-state index in [-0.39, 0.29) is 24.0 Å². The predicted molar refractivity (Wildman–Crippen MR) is 123 cm³/mol. The Labute approximate surface area is 182 Å². The van der Waals surface area contributed by atoms with E-state index >= 15 is 0 Å². The summed E-state index contributed by atoms with van der Waals surface area (Å²) in [6, 6.07) is 10.2. The average molecular weight is 502 g/mol. The van der Waals surface area contributed by atoms with Gasteiger partial charge >= 0.3 is 0 Å². The summed E-state index contributed by atoms with van der Waals surface area (Å²) in [5.74, 6) is 2.42. The zero-order chi connectivity index (χ0) is 18.4. The fourth-order valence-corrected chi connectivity index (χ4v) is 3.97. The van der Waals surface area contributed by atoms with E-state index in [0.717, 1.165) is 49.2 Å². The van der Waals surface area contributed by atoms with Crippen LogP contribution in [0.3, 0.4) is 0 Å². The fraction of sp³-hybridized carbons (Fsp3) is 0.421. The summed E-state index contributed by atoms with van der Waals surface area (Å²) in [4.78, 5) is 9.19. The minimum absolute atomic E-state index is 0. The van der Waals surface area contributed by atoms with E-state index in [2.05, 4.69) is 37.6 Å². The van der Waals surface area contributed by atoms with Crippen LogP contribution in [-0.4, -0.2) is 58.3 Å². The molecule has 0 radical (unpaired) electrons. The van der Waals surface area contributed by atoms with Crippen molar-refractivity contribution >= 4 is 46.3 Å². The molecule has 0 amide bonds. The van der Waals surface area contributed by atoms with Crippen LogP contribution in [0.4, 0.5) is 5.00 Å². The first-order chi connectivity index (χ1) is 12.8. The Morgan fingerprint density at radius 1 is 1.11 bits per heavy atom. The number of aliphatic imine (C=N–C) groups is 1. The number of halogens is 1. The highest BCUT2D eigenvalue weighted by Gasteiger charge is 2.20. The van der Waals surface area contributed by atoms with Gasteiger partial charge in [0.2, 0.25) is 0 Å². The summed E-state index contributed by atoms with van der Waals surface area (Å²) in [6.07, 6.45) is 0. The van der Waals surface area contributed by atoms with Crippen LogP contribution in [0.25, 0.3) is 0 Å². The van der Waals surface area contributed by atoms with E-state index in [1.165, 1.54) is 5.00 Å². The van der Waals surface area contributed by atoms with Crippen molar-refractivity contribution in [2.75, 3.05) is 52.3 Å². The molecule has 1 aromatic carbocycles. The largest absolute Gasteiger partial charge is 0.493 e. The molecule has 1 aliphatic heterocycles. The molecule has 1 saturated heterocycles. The smallest absolute Gasteiger partial charge is 0.194 e. The van der Waals surface area contributed by atoms with Gasteiger partial charge in [-0.15, -0.1) is 35.3 Å². The standard InChI is InChI=1S/C19H26N4O2S.HI/c1-20-19(21-14-15-6-4-7-16(24-2)18(15)25-3)23-11-9-22(10-12-23)17-8-5-13-26-17;/h4-8,13H,9-12,14H2,1-3H3,(H,20,21);1H. The summed E-state index contributed by atoms with van der Waals surface area (Å²) in [6.45, 7) is 4.55. The fourth-order valence-electron chi connectivity index (χ4n) is 3.19. The maximum Gasteiger partial charge on any atom is 0.194 e. The second-order valence-electron chi connectivity index (χ2n) is 5.98. The van der Waals surface area contributed by atoms with Gasteiger partial charge in [0.25, 0.3) is 0 Å². The third-order valence-electron chi connectivity index (χ3n) is 4.53. The number of nitrogens with one attached hydrogen (secondary N) is 1. The third-order valence-corrected chi connectivity index (χ3v) is 5.46. The zero-order valence-electron chi connectivity index (χ0n) is 16.0. The van der Waals surface area contributed by atoms with Crippen molar-refractivity contribution in [3.63, 3.8) is 0 Å². The summed E-state index contributed by atoms with van der Waals surface area (Å²) >= 11 is 1.80. The zero-order valence-corrected chi connectivity index (χ0v) is 19.1. The van der Waals surface area contributed by atoms with Gasteiger partial charge in [-0.05, 0) is 23.6 Å². The number of methoxy groups -OCH3 is 2. The Morgan fingerprint density at radius 3 is 2.48 bits per heavy atom. The highest BCUT2D eigenvalue weighted by Crippen LogP contribution is 2.30. The molecule has 0 aliphatic carbocycles. The lowest BCUT2D eigenvalue weighted by atomic mass is 10.2. The average Bonchev–Trinajstić information content (AvgIpc) is 3.23. The number of para-hydroxylation sites is 1. The second-order valence-corrected chi connectivity index (χ2v) is 6.90. The molecule has 2 heterocycles. The highest BCUT2D eigenvalue weighted by molar-refractivity contribution is 14.0. The first-order valence-corrected chi connectivity index (χ1v) is 9.58. The van der Waals surface area contributed by atoms with Gasteiger partial charge in [-0.25, -0.2) is 0 Å². The van der Waals surface area contributed by atoms with Crippen LogP contribution in [0.5, 0.6) is 11.5 Å². The van der Waals surface area contributed by atoms with Crippen LogP contribution in [-0.2, 0) is 6.54 Å². The molecule has 8 heteroatoms. The Hall–Kier alpha value is -1.68. The van der Waals surface area contributed by atoms with Crippen molar-refractivity contribution in [2.24, 2.45) is 4.99 Å². The van der Waals surface area contributed by atoms with Crippen LogP contribution in [0, 0.1) is 0 Å². The second kappa shape index (κ2) is 10.6. The molecular formula is C19H27IN4O2S. The molecule has 0 unspecified atom stereocenters. The monoisotopic (exact) mass is 502 g/mol. The Balaban J connectivity index is 0.00000261. The number of hydrogen-bond acceptors (Lipinski definition) is 5. The van der Waals surface area contributed by atoms with Gasteiger partial charge in [0.05, 0.1) is 19.2 Å². The molecule has 1 aromatic heterocycles. The molecule has 27 heavy (non-hydrogen) atoms. The minimum Gasteiger partial charge on any atom is -0.493 e. The molecule has 148 valence electrons. The first-order valence-electron chi connectivity index (χ1n) is 8.70. The summed E-state index contributed by atoms with van der Waals surface area (Å²) in [5, 5.41) is 6.93. The quantitative estimate of drug-likeness (QED) is 0.387. The SMILES string of the molecule is CN=C(NCc1cccc(OC)c1OC)N1CCN(c2cccs2)CC1.I. The van der Waals surface area contributed by atoms with Crippen molar-refractivity contribution < 1.29 is 9.47 Å². The number of rotatable bonds is 5. The van der Waals surface area contributed by atoms with E-state index in [1.54, 1.807) is 25.6 Å². The Bertz CT molecular complexity index is 731. The molecule has 0 spiro atoms. The predicted octanol–water partition coefficient (Wildman–Crippen LogP) is 3.28. The summed E-state index contributed by atoms with van der Waals surface area (Å²) in [7, 11) is 5.15. The maximum atomic E-state index is 5.51. The lowest BCUT2D eigenvalue weighted by molar-refractivity contribution is 0.350.